The predicted octanol–water partition coefficient (Wildman–Crippen LogP) is 1.49. The number of rotatable bonds is 5. The number of aliphatic carboxylic acids is 1. The van der Waals surface area contributed by atoms with Crippen LogP contribution in [0.4, 0.5) is 4.39 Å². The summed E-state index contributed by atoms with van der Waals surface area (Å²) in [4.78, 5) is 11.0. The fourth-order valence-electron chi connectivity index (χ4n) is 1.63. The second-order valence-electron chi connectivity index (χ2n) is 4.13. The zero-order valence-corrected chi connectivity index (χ0v) is 9.23. The minimum atomic E-state index is -1.07. The number of hydrogen-bond acceptors (Lipinski definition) is 3. The first-order valence-electron chi connectivity index (χ1n) is 5.50. The lowest BCUT2D eigenvalue weighted by atomic mass is 9.98. The molecule has 0 spiro atoms. The van der Waals surface area contributed by atoms with Crippen LogP contribution in [0.1, 0.15) is 24.3 Å². The van der Waals surface area contributed by atoms with Gasteiger partial charge in [-0.2, -0.15) is 0 Å². The molecule has 17 heavy (non-hydrogen) atoms. The Morgan fingerprint density at radius 3 is 2.82 bits per heavy atom. The Morgan fingerprint density at radius 2 is 2.29 bits per heavy atom. The standard InChI is InChI=1S/C12H14FNO3/c13-7-1-4-11(17-8-2-3-8)9(5-7)10(6-14)12(15)16/h1,4-5,8,10H,2-3,6,14H2,(H,15,16). The lowest BCUT2D eigenvalue weighted by Gasteiger charge is -2.15. The molecule has 1 fully saturated rings. The number of carboxylic acids is 1. The Balaban J connectivity index is 2.33. The van der Waals surface area contributed by atoms with Crippen molar-refractivity contribution < 1.29 is 19.0 Å². The Bertz CT molecular complexity index is 432. The number of halogens is 1. The Hall–Kier alpha value is -1.62. The van der Waals surface area contributed by atoms with Crippen molar-refractivity contribution in [3.05, 3.63) is 29.6 Å². The first-order chi connectivity index (χ1) is 8.11. The summed E-state index contributed by atoms with van der Waals surface area (Å²) < 4.78 is 18.7. The quantitative estimate of drug-likeness (QED) is 0.816. The zero-order chi connectivity index (χ0) is 12.4. The highest BCUT2D eigenvalue weighted by atomic mass is 19.1. The molecule has 0 heterocycles. The minimum absolute atomic E-state index is 0.0835. The highest BCUT2D eigenvalue weighted by Crippen LogP contribution is 2.33. The number of nitrogens with two attached hydrogens (primary N) is 1. The maximum Gasteiger partial charge on any atom is 0.312 e. The van der Waals surface area contributed by atoms with Crippen LogP contribution in [0.15, 0.2) is 18.2 Å². The summed E-state index contributed by atoms with van der Waals surface area (Å²) >= 11 is 0. The molecule has 1 saturated carbocycles. The van der Waals surface area contributed by atoms with Crippen molar-refractivity contribution in [2.75, 3.05) is 6.54 Å². The normalized spacial score (nSPS) is 16.6. The summed E-state index contributed by atoms with van der Waals surface area (Å²) in [5, 5.41) is 9.03. The highest BCUT2D eigenvalue weighted by molar-refractivity contribution is 5.77. The van der Waals surface area contributed by atoms with Crippen LogP contribution >= 0.6 is 0 Å². The topological polar surface area (TPSA) is 72.6 Å². The molecule has 1 unspecified atom stereocenters. The molecule has 1 aromatic carbocycles. The highest BCUT2D eigenvalue weighted by Gasteiger charge is 2.28. The first kappa shape index (κ1) is 11.9. The average molecular weight is 239 g/mol. The number of carbonyl (C=O) groups is 1. The van der Waals surface area contributed by atoms with Crippen LogP contribution in [0, 0.1) is 5.82 Å². The van der Waals surface area contributed by atoms with Gasteiger partial charge < -0.3 is 15.6 Å². The maximum atomic E-state index is 13.2. The third-order valence-electron chi connectivity index (χ3n) is 2.70. The molecule has 0 amide bonds. The zero-order valence-electron chi connectivity index (χ0n) is 9.23. The van der Waals surface area contributed by atoms with Crippen LogP contribution in [0.2, 0.25) is 0 Å². The van der Waals surface area contributed by atoms with E-state index in [1.54, 1.807) is 0 Å². The smallest absolute Gasteiger partial charge is 0.312 e. The number of hydrogen-bond donors (Lipinski definition) is 2. The van der Waals surface area contributed by atoms with E-state index in [0.717, 1.165) is 12.8 Å². The summed E-state index contributed by atoms with van der Waals surface area (Å²) in [6.45, 7) is -0.0835. The maximum absolute atomic E-state index is 13.2. The summed E-state index contributed by atoms with van der Waals surface area (Å²) in [5.74, 6) is -2.06. The van der Waals surface area contributed by atoms with E-state index >= 15 is 0 Å². The molecular weight excluding hydrogens is 225 g/mol. The molecule has 5 heteroatoms. The van der Waals surface area contributed by atoms with E-state index in [-0.39, 0.29) is 12.6 Å². The van der Waals surface area contributed by atoms with Crippen LogP contribution in [-0.2, 0) is 4.79 Å². The van der Waals surface area contributed by atoms with Crippen molar-refractivity contribution in [2.24, 2.45) is 5.73 Å². The lowest BCUT2D eigenvalue weighted by Crippen LogP contribution is -2.22. The van der Waals surface area contributed by atoms with Gasteiger partial charge in [0, 0.05) is 12.1 Å². The molecule has 0 aliphatic heterocycles. The Morgan fingerprint density at radius 1 is 1.59 bits per heavy atom. The summed E-state index contributed by atoms with van der Waals surface area (Å²) in [5.41, 5.74) is 5.72. The van der Waals surface area contributed by atoms with Crippen LogP contribution in [0.25, 0.3) is 0 Å². The third kappa shape index (κ3) is 2.74. The van der Waals surface area contributed by atoms with E-state index in [2.05, 4.69) is 0 Å². The van der Waals surface area contributed by atoms with Crippen molar-refractivity contribution in [1.29, 1.82) is 0 Å². The van der Waals surface area contributed by atoms with Crippen molar-refractivity contribution >= 4 is 5.97 Å². The second-order valence-corrected chi connectivity index (χ2v) is 4.13. The fourth-order valence-corrected chi connectivity index (χ4v) is 1.63. The molecule has 3 N–H and O–H groups in total. The van der Waals surface area contributed by atoms with Gasteiger partial charge in [0.15, 0.2) is 0 Å². The molecule has 1 aromatic rings. The van der Waals surface area contributed by atoms with Crippen molar-refractivity contribution in [3.63, 3.8) is 0 Å². The van der Waals surface area contributed by atoms with Crippen LogP contribution in [0.3, 0.4) is 0 Å². The van der Waals surface area contributed by atoms with E-state index < -0.39 is 17.7 Å². The number of benzene rings is 1. The van der Waals surface area contributed by atoms with E-state index in [9.17, 15) is 9.18 Å². The summed E-state index contributed by atoms with van der Waals surface area (Å²) in [6.07, 6.45) is 2.04. The SMILES string of the molecule is NCC(C(=O)O)c1cc(F)ccc1OC1CC1. The second kappa shape index (κ2) is 4.71. The molecule has 0 bridgehead atoms. The molecular formula is C12H14FNO3. The molecule has 2 rings (SSSR count). The minimum Gasteiger partial charge on any atom is -0.490 e. The van der Waals surface area contributed by atoms with Crippen LogP contribution in [-0.4, -0.2) is 23.7 Å². The summed E-state index contributed by atoms with van der Waals surface area (Å²) in [7, 11) is 0. The van der Waals surface area contributed by atoms with Crippen molar-refractivity contribution in [1.82, 2.24) is 0 Å². The first-order valence-corrected chi connectivity index (χ1v) is 5.50. The van der Waals surface area contributed by atoms with Gasteiger partial charge in [-0.15, -0.1) is 0 Å². The van der Waals surface area contributed by atoms with E-state index in [4.69, 9.17) is 15.6 Å². The van der Waals surface area contributed by atoms with E-state index in [1.807, 2.05) is 0 Å². The van der Waals surface area contributed by atoms with Crippen molar-refractivity contribution in [3.8, 4) is 5.75 Å². The van der Waals surface area contributed by atoms with Gasteiger partial charge in [0.2, 0.25) is 0 Å². The van der Waals surface area contributed by atoms with Crippen LogP contribution < -0.4 is 10.5 Å². The third-order valence-corrected chi connectivity index (χ3v) is 2.70. The largest absolute Gasteiger partial charge is 0.490 e. The van der Waals surface area contributed by atoms with Gasteiger partial charge in [0.25, 0.3) is 0 Å². The van der Waals surface area contributed by atoms with Gasteiger partial charge in [-0.3, -0.25) is 4.79 Å². The predicted molar refractivity (Wildman–Crippen MR) is 59.5 cm³/mol. The van der Waals surface area contributed by atoms with E-state index in [0.29, 0.717) is 11.3 Å². The van der Waals surface area contributed by atoms with Gasteiger partial charge in [-0.05, 0) is 31.0 Å². The molecule has 0 radical (unpaired) electrons. The lowest BCUT2D eigenvalue weighted by molar-refractivity contribution is -0.138. The Labute approximate surface area is 98.2 Å². The molecule has 0 saturated heterocycles. The molecule has 1 aliphatic rings. The molecule has 1 atom stereocenters. The van der Waals surface area contributed by atoms with Gasteiger partial charge >= 0.3 is 5.97 Å². The van der Waals surface area contributed by atoms with Gasteiger partial charge in [-0.1, -0.05) is 0 Å². The summed E-state index contributed by atoms with van der Waals surface area (Å²) in [6, 6.07) is 3.91. The molecule has 0 aromatic heterocycles. The van der Waals surface area contributed by atoms with Crippen molar-refractivity contribution in [2.45, 2.75) is 24.9 Å². The monoisotopic (exact) mass is 239 g/mol. The molecule has 92 valence electrons. The molecule has 1 aliphatic carbocycles. The van der Waals surface area contributed by atoms with Gasteiger partial charge in [0.05, 0.1) is 12.0 Å². The van der Waals surface area contributed by atoms with E-state index in [1.165, 1.54) is 18.2 Å². The fraction of sp³-hybridized carbons (Fsp3) is 0.417. The van der Waals surface area contributed by atoms with Gasteiger partial charge in [0.1, 0.15) is 11.6 Å². The van der Waals surface area contributed by atoms with Crippen LogP contribution in [0.5, 0.6) is 5.75 Å². The average Bonchev–Trinajstić information content (AvgIpc) is 3.06. The Kier molecular flexibility index (Phi) is 3.28. The molecule has 4 nitrogen and oxygen atoms in total. The number of carboxylic acid groups (broad SMARTS) is 1. The number of ether oxygens (including phenoxy) is 1. The van der Waals surface area contributed by atoms with Gasteiger partial charge in [-0.25, -0.2) is 4.39 Å².